The van der Waals surface area contributed by atoms with Crippen LogP contribution in [-0.2, 0) is 6.54 Å². The first-order valence-electron chi connectivity index (χ1n) is 8.69. The van der Waals surface area contributed by atoms with Gasteiger partial charge >= 0.3 is 0 Å². The zero-order chi connectivity index (χ0) is 16.4. The van der Waals surface area contributed by atoms with Gasteiger partial charge in [0, 0.05) is 38.9 Å². The van der Waals surface area contributed by atoms with E-state index in [-0.39, 0.29) is 5.91 Å². The fourth-order valence-electron chi connectivity index (χ4n) is 3.33. The number of rotatable bonds is 5. The molecule has 8 nitrogen and oxygen atoms in total. The van der Waals surface area contributed by atoms with Gasteiger partial charge in [0.2, 0.25) is 0 Å². The van der Waals surface area contributed by atoms with Crippen LogP contribution in [0.2, 0.25) is 0 Å². The summed E-state index contributed by atoms with van der Waals surface area (Å²) in [5.74, 6) is 0.121. The fourth-order valence-corrected chi connectivity index (χ4v) is 3.33. The highest BCUT2D eigenvalue weighted by Crippen LogP contribution is 2.32. The highest BCUT2D eigenvalue weighted by molar-refractivity contribution is 5.92. The number of piperazine rings is 1. The number of nitrogens with zero attached hydrogens (tertiary/aromatic N) is 7. The molecule has 128 valence electrons. The SMILES string of the molecule is O=C(c1ccnn1C1CCC1)N1CCN(CCn2cncn2)CC1. The van der Waals surface area contributed by atoms with Crippen LogP contribution in [0.4, 0.5) is 0 Å². The molecule has 3 heterocycles. The lowest BCUT2D eigenvalue weighted by atomic mass is 9.93. The number of hydrogen-bond donors (Lipinski definition) is 0. The first-order chi connectivity index (χ1) is 11.8. The zero-order valence-corrected chi connectivity index (χ0v) is 13.8. The van der Waals surface area contributed by atoms with Crippen molar-refractivity contribution in [2.45, 2.75) is 31.8 Å². The number of aromatic nitrogens is 5. The second kappa shape index (κ2) is 6.72. The largest absolute Gasteiger partial charge is 0.335 e. The summed E-state index contributed by atoms with van der Waals surface area (Å²) in [6.45, 7) is 5.11. The summed E-state index contributed by atoms with van der Waals surface area (Å²) >= 11 is 0. The van der Waals surface area contributed by atoms with Crippen LogP contribution in [-0.4, -0.2) is 73.0 Å². The molecule has 2 aromatic rings. The molecular weight excluding hydrogens is 306 g/mol. The quantitative estimate of drug-likeness (QED) is 0.806. The standard InChI is InChI=1S/C16H23N7O/c24-16(15-4-5-18-23(15)14-2-1-3-14)21-9-6-20(7-10-21)8-11-22-13-17-12-19-22/h4-5,12-14H,1-3,6-11H2. The zero-order valence-electron chi connectivity index (χ0n) is 13.8. The summed E-state index contributed by atoms with van der Waals surface area (Å²) < 4.78 is 3.78. The van der Waals surface area contributed by atoms with E-state index in [9.17, 15) is 4.79 Å². The Hall–Kier alpha value is -2.22. The van der Waals surface area contributed by atoms with Gasteiger partial charge in [-0.25, -0.2) is 4.98 Å². The molecule has 0 N–H and O–H groups in total. The molecule has 0 bridgehead atoms. The summed E-state index contributed by atoms with van der Waals surface area (Å²) in [6, 6.07) is 2.28. The van der Waals surface area contributed by atoms with E-state index in [0.29, 0.717) is 6.04 Å². The van der Waals surface area contributed by atoms with Gasteiger partial charge < -0.3 is 4.90 Å². The van der Waals surface area contributed by atoms with Crippen molar-refractivity contribution in [1.82, 2.24) is 34.3 Å². The van der Waals surface area contributed by atoms with E-state index in [1.165, 1.54) is 6.42 Å². The van der Waals surface area contributed by atoms with Crippen molar-refractivity contribution in [3.8, 4) is 0 Å². The molecule has 2 fully saturated rings. The topological polar surface area (TPSA) is 72.1 Å². The molecule has 0 aromatic carbocycles. The molecule has 1 aliphatic heterocycles. The van der Waals surface area contributed by atoms with Crippen molar-refractivity contribution in [3.63, 3.8) is 0 Å². The van der Waals surface area contributed by atoms with E-state index >= 15 is 0 Å². The molecule has 2 aliphatic rings. The second-order valence-corrected chi connectivity index (χ2v) is 6.54. The van der Waals surface area contributed by atoms with Crippen molar-refractivity contribution in [2.75, 3.05) is 32.7 Å². The monoisotopic (exact) mass is 329 g/mol. The number of carbonyl (C=O) groups is 1. The van der Waals surface area contributed by atoms with Gasteiger partial charge in [0.05, 0.1) is 12.6 Å². The molecule has 1 aliphatic carbocycles. The van der Waals surface area contributed by atoms with E-state index in [4.69, 9.17) is 0 Å². The van der Waals surface area contributed by atoms with E-state index in [1.807, 2.05) is 20.3 Å². The van der Waals surface area contributed by atoms with Crippen LogP contribution in [0.5, 0.6) is 0 Å². The van der Waals surface area contributed by atoms with Gasteiger partial charge in [0.15, 0.2) is 0 Å². The molecule has 1 saturated heterocycles. The van der Waals surface area contributed by atoms with Crippen molar-refractivity contribution in [2.24, 2.45) is 0 Å². The Labute approximate surface area is 141 Å². The second-order valence-electron chi connectivity index (χ2n) is 6.54. The molecule has 0 spiro atoms. The minimum absolute atomic E-state index is 0.121. The Morgan fingerprint density at radius 1 is 1.12 bits per heavy atom. The fraction of sp³-hybridized carbons (Fsp3) is 0.625. The Morgan fingerprint density at radius 2 is 1.96 bits per heavy atom. The highest BCUT2D eigenvalue weighted by atomic mass is 16.2. The maximum absolute atomic E-state index is 12.8. The van der Waals surface area contributed by atoms with E-state index in [1.54, 1.807) is 18.9 Å². The van der Waals surface area contributed by atoms with Gasteiger partial charge in [-0.15, -0.1) is 0 Å². The Balaban J connectivity index is 1.30. The average Bonchev–Trinajstić information content (AvgIpc) is 3.23. The minimum Gasteiger partial charge on any atom is -0.335 e. The van der Waals surface area contributed by atoms with Crippen LogP contribution in [0, 0.1) is 0 Å². The summed E-state index contributed by atoms with van der Waals surface area (Å²) in [4.78, 5) is 21.1. The third-order valence-corrected chi connectivity index (χ3v) is 5.08. The molecule has 24 heavy (non-hydrogen) atoms. The molecule has 1 amide bonds. The predicted molar refractivity (Wildman–Crippen MR) is 87.5 cm³/mol. The maximum Gasteiger partial charge on any atom is 0.272 e. The Kier molecular flexibility index (Phi) is 4.29. The molecule has 4 rings (SSSR count). The van der Waals surface area contributed by atoms with Crippen LogP contribution < -0.4 is 0 Å². The van der Waals surface area contributed by atoms with Crippen LogP contribution in [0.3, 0.4) is 0 Å². The lowest BCUT2D eigenvalue weighted by Gasteiger charge is -2.35. The molecular formula is C16H23N7O. The van der Waals surface area contributed by atoms with E-state index in [2.05, 4.69) is 20.1 Å². The predicted octanol–water partition coefficient (Wildman–Crippen LogP) is 0.658. The molecule has 8 heteroatoms. The van der Waals surface area contributed by atoms with Gasteiger partial charge in [0.25, 0.3) is 5.91 Å². The number of amides is 1. The minimum atomic E-state index is 0.121. The normalized spacial score (nSPS) is 19.4. The van der Waals surface area contributed by atoms with Crippen molar-refractivity contribution < 1.29 is 4.79 Å². The Bertz CT molecular complexity index is 668. The first kappa shape index (κ1) is 15.3. The molecule has 2 aromatic heterocycles. The molecule has 0 atom stereocenters. The van der Waals surface area contributed by atoms with E-state index in [0.717, 1.165) is 57.8 Å². The maximum atomic E-state index is 12.8. The summed E-state index contributed by atoms with van der Waals surface area (Å²) in [5, 5.41) is 8.49. The number of carbonyl (C=O) groups excluding carboxylic acids is 1. The van der Waals surface area contributed by atoms with Crippen LogP contribution in [0.25, 0.3) is 0 Å². The lowest BCUT2D eigenvalue weighted by Crippen LogP contribution is -2.49. The van der Waals surface area contributed by atoms with Gasteiger partial charge in [-0.1, -0.05) is 0 Å². The summed E-state index contributed by atoms with van der Waals surface area (Å²) in [5.41, 5.74) is 0.746. The van der Waals surface area contributed by atoms with Gasteiger partial charge in [-0.2, -0.15) is 10.2 Å². The van der Waals surface area contributed by atoms with Gasteiger partial charge in [-0.3, -0.25) is 19.1 Å². The highest BCUT2D eigenvalue weighted by Gasteiger charge is 2.28. The molecule has 1 saturated carbocycles. The van der Waals surface area contributed by atoms with Crippen molar-refractivity contribution >= 4 is 5.91 Å². The summed E-state index contributed by atoms with van der Waals surface area (Å²) in [7, 11) is 0. The van der Waals surface area contributed by atoms with E-state index < -0.39 is 0 Å². The smallest absolute Gasteiger partial charge is 0.272 e. The van der Waals surface area contributed by atoms with Crippen LogP contribution >= 0.6 is 0 Å². The third kappa shape index (κ3) is 3.06. The summed E-state index contributed by atoms with van der Waals surface area (Å²) in [6.07, 6.45) is 8.56. The van der Waals surface area contributed by atoms with Crippen LogP contribution in [0.15, 0.2) is 24.9 Å². The van der Waals surface area contributed by atoms with Crippen molar-refractivity contribution in [1.29, 1.82) is 0 Å². The van der Waals surface area contributed by atoms with Gasteiger partial charge in [-0.05, 0) is 25.3 Å². The third-order valence-electron chi connectivity index (χ3n) is 5.08. The van der Waals surface area contributed by atoms with Crippen molar-refractivity contribution in [3.05, 3.63) is 30.6 Å². The first-order valence-corrected chi connectivity index (χ1v) is 8.69. The van der Waals surface area contributed by atoms with Gasteiger partial charge in [0.1, 0.15) is 18.3 Å². The van der Waals surface area contributed by atoms with Crippen LogP contribution in [0.1, 0.15) is 35.8 Å². The number of hydrogen-bond acceptors (Lipinski definition) is 5. The lowest BCUT2D eigenvalue weighted by molar-refractivity contribution is 0.0613. The molecule has 0 unspecified atom stereocenters. The average molecular weight is 329 g/mol. The Morgan fingerprint density at radius 3 is 2.62 bits per heavy atom. The molecule has 0 radical (unpaired) electrons.